The molecule has 2 aliphatic heterocycles. The van der Waals surface area contributed by atoms with Crippen LogP contribution in [-0.2, 0) is 16.8 Å². The molecule has 1 N–H and O–H groups in total. The maximum absolute atomic E-state index is 13.3. The van der Waals surface area contributed by atoms with Gasteiger partial charge in [-0.05, 0) is 79.1 Å². The summed E-state index contributed by atoms with van der Waals surface area (Å²) in [6.07, 6.45) is 4.07. The molecular weight excluding hydrogens is 455 g/mol. The van der Waals surface area contributed by atoms with Crippen molar-refractivity contribution in [1.82, 2.24) is 4.90 Å². The largest absolute Gasteiger partial charge is 0.385 e. The second-order valence-electron chi connectivity index (χ2n) is 9.80. The molecule has 0 aliphatic carbocycles. The van der Waals surface area contributed by atoms with Crippen molar-refractivity contribution >= 4 is 11.8 Å². The summed E-state index contributed by atoms with van der Waals surface area (Å²) in [6, 6.07) is 25.8. The Bertz CT molecular complexity index is 1160. The average molecular weight is 487 g/mol. The lowest BCUT2D eigenvalue weighted by Crippen LogP contribution is -2.42. The monoisotopic (exact) mass is 486 g/mol. The number of hydrogen-bond acceptors (Lipinski definition) is 4. The maximum atomic E-state index is 13.3. The number of nitrogens with zero attached hydrogens (tertiary/aromatic N) is 2. The first-order valence-electron chi connectivity index (χ1n) is 12.5. The van der Waals surface area contributed by atoms with E-state index in [4.69, 9.17) is 0 Å². The summed E-state index contributed by atoms with van der Waals surface area (Å²) in [7, 11) is 0. The molecule has 180 valence electrons. The highest BCUT2D eigenvalue weighted by Gasteiger charge is 2.39. The van der Waals surface area contributed by atoms with Gasteiger partial charge in [0.1, 0.15) is 11.2 Å². The molecule has 1 saturated heterocycles. The Kier molecular flexibility index (Phi) is 6.98. The third-order valence-corrected chi connectivity index (χ3v) is 8.86. The first-order valence-corrected chi connectivity index (χ1v) is 13.5. The van der Waals surface area contributed by atoms with Crippen molar-refractivity contribution in [2.45, 2.75) is 53.8 Å². The second-order valence-corrected chi connectivity index (χ2v) is 10.8. The highest BCUT2D eigenvalue weighted by molar-refractivity contribution is 7.98. The van der Waals surface area contributed by atoms with Crippen LogP contribution in [0, 0.1) is 17.1 Å². The minimum Gasteiger partial charge on any atom is -0.385 e. The molecule has 1 fully saturated rings. The normalized spacial score (nSPS) is 21.4. The van der Waals surface area contributed by atoms with E-state index < -0.39 is 11.0 Å². The quantitative estimate of drug-likeness (QED) is 0.410. The van der Waals surface area contributed by atoms with Gasteiger partial charge in [-0.3, -0.25) is 0 Å². The first kappa shape index (κ1) is 24.1. The predicted octanol–water partition coefficient (Wildman–Crippen LogP) is 6.39. The molecule has 0 bridgehead atoms. The van der Waals surface area contributed by atoms with Gasteiger partial charge < -0.3 is 10.0 Å². The summed E-state index contributed by atoms with van der Waals surface area (Å²) in [5, 5.41) is 21.7. The molecule has 0 aromatic heterocycles. The molecule has 0 radical (unpaired) electrons. The van der Waals surface area contributed by atoms with Crippen molar-refractivity contribution in [3.05, 3.63) is 101 Å². The van der Waals surface area contributed by atoms with Gasteiger partial charge in [0.25, 0.3) is 0 Å². The standard InChI is InChI=1S/C30H31FN2OS/c31-25-13-11-24(12-14-25)30(34)16-19-33(20-17-30)18-6-5-15-29(22-32)26-8-2-1-7-23(26)21-35-28-10-4-3-9-27(28)29/h1-4,7-14,34H,5-6,15-21H2. The predicted molar refractivity (Wildman–Crippen MR) is 139 cm³/mol. The number of aliphatic hydroxyl groups is 1. The zero-order valence-corrected chi connectivity index (χ0v) is 20.7. The summed E-state index contributed by atoms with van der Waals surface area (Å²) in [6.45, 7) is 2.60. The van der Waals surface area contributed by atoms with E-state index in [0.717, 1.165) is 61.3 Å². The molecule has 1 atom stereocenters. The Labute approximate surface area is 211 Å². The van der Waals surface area contributed by atoms with E-state index in [1.54, 1.807) is 12.1 Å². The van der Waals surface area contributed by atoms with E-state index in [2.05, 4.69) is 59.5 Å². The van der Waals surface area contributed by atoms with Gasteiger partial charge in [0.2, 0.25) is 0 Å². The van der Waals surface area contributed by atoms with Crippen LogP contribution in [0.5, 0.6) is 0 Å². The zero-order chi connectivity index (χ0) is 24.3. The summed E-state index contributed by atoms with van der Waals surface area (Å²) >= 11 is 1.83. The van der Waals surface area contributed by atoms with Crippen LogP contribution in [0.3, 0.4) is 0 Å². The molecule has 3 aromatic carbocycles. The van der Waals surface area contributed by atoms with E-state index in [9.17, 15) is 14.8 Å². The van der Waals surface area contributed by atoms with Crippen LogP contribution in [0.4, 0.5) is 4.39 Å². The summed E-state index contributed by atoms with van der Waals surface area (Å²) < 4.78 is 13.3. The van der Waals surface area contributed by atoms with Crippen molar-refractivity contribution in [3.8, 4) is 6.07 Å². The third kappa shape index (κ3) is 4.76. The van der Waals surface area contributed by atoms with Crippen molar-refractivity contribution in [1.29, 1.82) is 5.26 Å². The molecule has 1 unspecified atom stereocenters. The second kappa shape index (κ2) is 10.1. The van der Waals surface area contributed by atoms with E-state index in [0.29, 0.717) is 12.8 Å². The van der Waals surface area contributed by atoms with Crippen molar-refractivity contribution < 1.29 is 9.50 Å². The van der Waals surface area contributed by atoms with Gasteiger partial charge in [-0.15, -0.1) is 11.8 Å². The first-order chi connectivity index (χ1) is 17.0. The van der Waals surface area contributed by atoms with Crippen molar-refractivity contribution in [2.24, 2.45) is 0 Å². The van der Waals surface area contributed by atoms with Gasteiger partial charge in [0.05, 0.1) is 11.7 Å². The van der Waals surface area contributed by atoms with E-state index in [1.807, 2.05) is 11.8 Å². The van der Waals surface area contributed by atoms with Gasteiger partial charge >= 0.3 is 0 Å². The van der Waals surface area contributed by atoms with Gasteiger partial charge in [-0.2, -0.15) is 5.26 Å². The number of hydrogen-bond donors (Lipinski definition) is 1. The summed E-state index contributed by atoms with van der Waals surface area (Å²) in [5.41, 5.74) is 2.86. The Morgan fingerprint density at radius 1 is 0.914 bits per heavy atom. The van der Waals surface area contributed by atoms with Crippen molar-refractivity contribution in [3.63, 3.8) is 0 Å². The van der Waals surface area contributed by atoms with Crippen LogP contribution in [0.15, 0.2) is 77.7 Å². The van der Waals surface area contributed by atoms with Crippen LogP contribution < -0.4 is 0 Å². The fraction of sp³-hybridized carbons (Fsp3) is 0.367. The summed E-state index contributed by atoms with van der Waals surface area (Å²) in [4.78, 5) is 3.61. The number of halogens is 1. The molecule has 5 heteroatoms. The Morgan fingerprint density at radius 2 is 1.60 bits per heavy atom. The number of rotatable bonds is 6. The number of nitriles is 1. The molecule has 0 spiro atoms. The zero-order valence-electron chi connectivity index (χ0n) is 19.9. The molecule has 2 aliphatic rings. The van der Waals surface area contributed by atoms with Gasteiger partial charge in [-0.25, -0.2) is 4.39 Å². The molecule has 35 heavy (non-hydrogen) atoms. The SMILES string of the molecule is N#CC1(CCCCN2CCC(O)(c3ccc(F)cc3)CC2)c2ccccc2CSc2ccccc21. The van der Waals surface area contributed by atoms with Gasteiger partial charge in [-0.1, -0.05) is 54.6 Å². The number of unbranched alkanes of at least 4 members (excludes halogenated alkanes) is 1. The fourth-order valence-electron chi connectivity index (χ4n) is 5.67. The minimum absolute atomic E-state index is 0.276. The lowest BCUT2D eigenvalue weighted by Gasteiger charge is -2.38. The van der Waals surface area contributed by atoms with Crippen LogP contribution in [-0.4, -0.2) is 29.6 Å². The number of likely N-dealkylation sites (tertiary alicyclic amines) is 1. The van der Waals surface area contributed by atoms with E-state index >= 15 is 0 Å². The van der Waals surface area contributed by atoms with Gasteiger partial charge in [0.15, 0.2) is 0 Å². The topological polar surface area (TPSA) is 47.3 Å². The molecule has 0 saturated carbocycles. The lowest BCUT2D eigenvalue weighted by molar-refractivity contribution is -0.0261. The van der Waals surface area contributed by atoms with Crippen molar-refractivity contribution in [2.75, 3.05) is 19.6 Å². The average Bonchev–Trinajstić information content (AvgIpc) is 3.03. The smallest absolute Gasteiger partial charge is 0.123 e. The molecule has 2 heterocycles. The van der Waals surface area contributed by atoms with Crippen LogP contribution in [0.2, 0.25) is 0 Å². The molecular formula is C30H31FN2OS. The fourth-order valence-corrected chi connectivity index (χ4v) is 6.81. The molecule has 0 amide bonds. The number of fused-ring (bicyclic) bond motifs is 2. The number of benzene rings is 3. The Hall–Kier alpha value is -2.65. The van der Waals surface area contributed by atoms with Crippen LogP contribution in [0.25, 0.3) is 0 Å². The highest BCUT2D eigenvalue weighted by Crippen LogP contribution is 2.47. The minimum atomic E-state index is -0.875. The van der Waals surface area contributed by atoms with E-state index in [1.165, 1.54) is 22.6 Å². The van der Waals surface area contributed by atoms with Crippen LogP contribution in [0.1, 0.15) is 54.4 Å². The maximum Gasteiger partial charge on any atom is 0.123 e. The molecule has 3 aromatic rings. The van der Waals surface area contributed by atoms with Gasteiger partial charge in [0, 0.05) is 23.7 Å². The Morgan fingerprint density at radius 3 is 2.34 bits per heavy atom. The number of piperidine rings is 1. The highest BCUT2D eigenvalue weighted by atomic mass is 32.2. The van der Waals surface area contributed by atoms with E-state index in [-0.39, 0.29) is 5.82 Å². The summed E-state index contributed by atoms with van der Waals surface area (Å²) in [5.74, 6) is 0.615. The van der Waals surface area contributed by atoms with Crippen LogP contribution >= 0.6 is 11.8 Å². The molecule has 5 rings (SSSR count). The third-order valence-electron chi connectivity index (χ3n) is 7.74. The Balaban J connectivity index is 1.24. The number of thioether (sulfide) groups is 1. The lowest BCUT2D eigenvalue weighted by atomic mass is 9.71. The molecule has 3 nitrogen and oxygen atoms in total.